The lowest BCUT2D eigenvalue weighted by atomic mass is 10.0. The number of nitrogens with one attached hydrogen (secondary N) is 1. The average molecular weight is 311 g/mol. The smallest absolute Gasteiger partial charge is 0.244 e. The van der Waals surface area contributed by atoms with Gasteiger partial charge in [-0.25, -0.2) is 13.1 Å². The van der Waals surface area contributed by atoms with E-state index in [4.69, 9.17) is 5.73 Å². The number of nitrogens with zero attached hydrogens (tertiary/aromatic N) is 1. The van der Waals surface area contributed by atoms with Crippen molar-refractivity contribution in [1.29, 1.82) is 0 Å². The summed E-state index contributed by atoms with van der Waals surface area (Å²) in [6.45, 7) is 0.980. The first-order chi connectivity index (χ1) is 9.87. The molecule has 116 valence electrons. The zero-order valence-corrected chi connectivity index (χ0v) is 12.8. The molecule has 1 aromatic carbocycles. The number of benzene rings is 1. The molecular weight excluding hydrogens is 290 g/mol. The van der Waals surface area contributed by atoms with Crippen LogP contribution in [0, 0.1) is 0 Å². The van der Waals surface area contributed by atoms with Gasteiger partial charge in [0.25, 0.3) is 0 Å². The quantitative estimate of drug-likeness (QED) is 0.832. The third-order valence-corrected chi connectivity index (χ3v) is 4.30. The Kier molecular flexibility index (Phi) is 4.97. The topological polar surface area (TPSA) is 92.5 Å². The van der Waals surface area contributed by atoms with Crippen molar-refractivity contribution >= 4 is 15.9 Å². The third kappa shape index (κ3) is 4.52. The predicted molar refractivity (Wildman–Crippen MR) is 81.0 cm³/mol. The lowest BCUT2D eigenvalue weighted by molar-refractivity contribution is -0.134. The lowest BCUT2D eigenvalue weighted by Crippen LogP contribution is -2.51. The van der Waals surface area contributed by atoms with Gasteiger partial charge in [0.05, 0.1) is 6.26 Å². The van der Waals surface area contributed by atoms with Crippen LogP contribution in [0.15, 0.2) is 30.3 Å². The molecule has 1 saturated heterocycles. The van der Waals surface area contributed by atoms with E-state index in [-0.39, 0.29) is 11.9 Å². The van der Waals surface area contributed by atoms with Crippen LogP contribution in [0.2, 0.25) is 0 Å². The summed E-state index contributed by atoms with van der Waals surface area (Å²) >= 11 is 0. The zero-order chi connectivity index (χ0) is 15.5. The molecule has 1 amide bonds. The highest BCUT2D eigenvalue weighted by Gasteiger charge is 2.28. The van der Waals surface area contributed by atoms with Gasteiger partial charge in [-0.15, -0.1) is 0 Å². The molecule has 1 aliphatic rings. The Bertz CT molecular complexity index is 589. The van der Waals surface area contributed by atoms with Crippen molar-refractivity contribution in [3.8, 4) is 0 Å². The second-order valence-corrected chi connectivity index (χ2v) is 7.18. The molecule has 6 nitrogen and oxygen atoms in total. The van der Waals surface area contributed by atoms with Gasteiger partial charge in [0.2, 0.25) is 15.9 Å². The van der Waals surface area contributed by atoms with E-state index in [9.17, 15) is 13.2 Å². The number of hydrogen-bond donors (Lipinski definition) is 2. The van der Waals surface area contributed by atoms with E-state index < -0.39 is 16.1 Å². The molecular formula is C14H21N3O3S. The molecule has 0 radical (unpaired) electrons. The van der Waals surface area contributed by atoms with Crippen molar-refractivity contribution in [3.05, 3.63) is 35.9 Å². The molecule has 2 rings (SSSR count). The number of rotatable bonds is 4. The number of piperidine rings is 1. The Morgan fingerprint density at radius 1 is 1.38 bits per heavy atom. The predicted octanol–water partition coefficient (Wildman–Crippen LogP) is 0.227. The molecule has 7 heteroatoms. The van der Waals surface area contributed by atoms with Gasteiger partial charge in [-0.3, -0.25) is 4.79 Å². The van der Waals surface area contributed by atoms with Crippen LogP contribution in [-0.2, 0) is 14.8 Å². The molecule has 0 saturated carbocycles. The highest BCUT2D eigenvalue weighted by molar-refractivity contribution is 7.88. The van der Waals surface area contributed by atoms with Crippen LogP contribution in [0.1, 0.15) is 24.4 Å². The van der Waals surface area contributed by atoms with Gasteiger partial charge in [0, 0.05) is 19.1 Å². The van der Waals surface area contributed by atoms with Crippen molar-refractivity contribution < 1.29 is 13.2 Å². The second kappa shape index (κ2) is 6.55. The Labute approximate surface area is 125 Å². The largest absolute Gasteiger partial charge is 0.339 e. The summed E-state index contributed by atoms with van der Waals surface area (Å²) in [5.74, 6) is -0.166. The summed E-state index contributed by atoms with van der Waals surface area (Å²) in [6, 6.07) is 8.24. The summed E-state index contributed by atoms with van der Waals surface area (Å²) < 4.78 is 25.1. The van der Waals surface area contributed by atoms with Gasteiger partial charge in [-0.05, 0) is 18.4 Å². The molecule has 1 fully saturated rings. The summed E-state index contributed by atoms with van der Waals surface area (Å²) in [5, 5.41) is 0. The van der Waals surface area contributed by atoms with E-state index >= 15 is 0 Å². The van der Waals surface area contributed by atoms with Gasteiger partial charge in [-0.2, -0.15) is 0 Å². The average Bonchev–Trinajstić information content (AvgIpc) is 2.45. The van der Waals surface area contributed by atoms with Crippen LogP contribution in [0.5, 0.6) is 0 Å². The van der Waals surface area contributed by atoms with E-state index in [1.807, 2.05) is 30.3 Å². The first kappa shape index (κ1) is 15.9. The van der Waals surface area contributed by atoms with E-state index in [0.717, 1.165) is 24.7 Å². The number of amides is 1. The fourth-order valence-corrected chi connectivity index (χ4v) is 3.37. The first-order valence-corrected chi connectivity index (χ1v) is 8.82. The zero-order valence-electron chi connectivity index (χ0n) is 12.0. The minimum atomic E-state index is -3.26. The molecule has 1 unspecified atom stereocenters. The molecule has 1 heterocycles. The number of carbonyl (C=O) groups excluding carboxylic acids is 1. The normalized spacial score (nSPS) is 21.0. The molecule has 0 bridgehead atoms. The van der Waals surface area contributed by atoms with Gasteiger partial charge in [0.15, 0.2) is 0 Å². The molecule has 0 aromatic heterocycles. The first-order valence-electron chi connectivity index (χ1n) is 6.93. The fourth-order valence-electron chi connectivity index (χ4n) is 2.58. The SMILES string of the molecule is CS(=O)(=O)NC1CCCN(C(=O)[C@@H](N)c2ccccc2)C1. The molecule has 3 N–H and O–H groups in total. The summed E-state index contributed by atoms with van der Waals surface area (Å²) in [4.78, 5) is 14.1. The molecule has 0 spiro atoms. The van der Waals surface area contributed by atoms with E-state index in [1.165, 1.54) is 0 Å². The molecule has 21 heavy (non-hydrogen) atoms. The Balaban J connectivity index is 2.02. The van der Waals surface area contributed by atoms with E-state index in [0.29, 0.717) is 13.1 Å². The van der Waals surface area contributed by atoms with Gasteiger partial charge >= 0.3 is 0 Å². The lowest BCUT2D eigenvalue weighted by Gasteiger charge is -2.34. The molecule has 1 aliphatic heterocycles. The summed E-state index contributed by atoms with van der Waals surface area (Å²) in [6.07, 6.45) is 2.63. The minimum absolute atomic E-state index is 0.166. The number of likely N-dealkylation sites (tertiary alicyclic amines) is 1. The maximum atomic E-state index is 12.4. The van der Waals surface area contributed by atoms with Crippen LogP contribution in [-0.4, -0.2) is 44.6 Å². The van der Waals surface area contributed by atoms with Gasteiger partial charge < -0.3 is 10.6 Å². The van der Waals surface area contributed by atoms with Crippen molar-refractivity contribution in [2.75, 3.05) is 19.3 Å². The van der Waals surface area contributed by atoms with Gasteiger partial charge in [-0.1, -0.05) is 30.3 Å². The summed E-state index contributed by atoms with van der Waals surface area (Å²) in [7, 11) is -3.26. The van der Waals surface area contributed by atoms with Crippen LogP contribution in [0.4, 0.5) is 0 Å². The maximum absolute atomic E-state index is 12.4. The highest BCUT2D eigenvalue weighted by atomic mass is 32.2. The van der Waals surface area contributed by atoms with Crippen LogP contribution in [0.3, 0.4) is 0 Å². The van der Waals surface area contributed by atoms with Crippen molar-refractivity contribution in [1.82, 2.24) is 9.62 Å². The molecule has 1 aromatic rings. The van der Waals surface area contributed by atoms with Crippen molar-refractivity contribution in [3.63, 3.8) is 0 Å². The monoisotopic (exact) mass is 311 g/mol. The fraction of sp³-hybridized carbons (Fsp3) is 0.500. The minimum Gasteiger partial charge on any atom is -0.339 e. The van der Waals surface area contributed by atoms with Gasteiger partial charge in [0.1, 0.15) is 6.04 Å². The van der Waals surface area contributed by atoms with Crippen molar-refractivity contribution in [2.45, 2.75) is 24.9 Å². The summed E-state index contributed by atoms with van der Waals surface area (Å²) in [5.41, 5.74) is 6.78. The van der Waals surface area contributed by atoms with E-state index in [2.05, 4.69) is 4.72 Å². The van der Waals surface area contributed by atoms with Crippen LogP contribution >= 0.6 is 0 Å². The Morgan fingerprint density at radius 2 is 2.05 bits per heavy atom. The number of nitrogens with two attached hydrogens (primary N) is 1. The van der Waals surface area contributed by atoms with Crippen molar-refractivity contribution in [2.24, 2.45) is 5.73 Å². The van der Waals surface area contributed by atoms with Crippen LogP contribution < -0.4 is 10.5 Å². The Hall–Kier alpha value is -1.44. The third-order valence-electron chi connectivity index (χ3n) is 3.54. The Morgan fingerprint density at radius 3 is 2.67 bits per heavy atom. The standard InChI is InChI=1S/C14H21N3O3S/c1-21(19,20)16-12-8-5-9-17(10-12)14(18)13(15)11-6-3-2-4-7-11/h2-4,6-7,12-13,16H,5,8-10,15H2,1H3/t12?,13-/m0/s1. The number of hydrogen-bond acceptors (Lipinski definition) is 4. The number of sulfonamides is 1. The van der Waals surface area contributed by atoms with Crippen LogP contribution in [0.25, 0.3) is 0 Å². The second-order valence-electron chi connectivity index (χ2n) is 5.40. The molecule has 2 atom stereocenters. The van der Waals surface area contributed by atoms with E-state index in [1.54, 1.807) is 4.90 Å². The highest BCUT2D eigenvalue weighted by Crippen LogP contribution is 2.17. The maximum Gasteiger partial charge on any atom is 0.244 e. The molecule has 0 aliphatic carbocycles. The number of carbonyl (C=O) groups is 1.